The number of aryl methyl sites for hydroxylation is 1. The Balaban J connectivity index is 3.28. The van der Waals surface area contributed by atoms with Crippen molar-refractivity contribution in [3.63, 3.8) is 0 Å². The maximum Gasteiger partial charge on any atom is 0.309 e. The molecule has 0 saturated carbocycles. The van der Waals surface area contributed by atoms with Crippen LogP contribution in [0, 0.1) is 12.7 Å². The molecule has 1 aromatic carbocycles. The molecule has 0 spiro atoms. The van der Waals surface area contributed by atoms with Gasteiger partial charge in [-0.2, -0.15) is 0 Å². The lowest BCUT2D eigenvalue weighted by molar-refractivity contribution is -0.145. The number of hydrogen-bond donors (Lipinski definition) is 1. The van der Waals surface area contributed by atoms with Crippen molar-refractivity contribution in [1.29, 1.82) is 0 Å². The fourth-order valence-electron chi connectivity index (χ4n) is 1.39. The minimum absolute atomic E-state index is 0.150. The second kappa shape index (κ2) is 4.65. The highest BCUT2D eigenvalue weighted by Crippen LogP contribution is 2.38. The van der Waals surface area contributed by atoms with Crippen molar-refractivity contribution in [2.75, 3.05) is 7.11 Å². The molecule has 0 fully saturated rings. The van der Waals surface area contributed by atoms with Gasteiger partial charge < -0.3 is 9.84 Å². The van der Waals surface area contributed by atoms with E-state index in [2.05, 4.69) is 0 Å². The van der Waals surface area contributed by atoms with Crippen molar-refractivity contribution in [2.45, 2.75) is 19.3 Å². The molecule has 0 aliphatic rings. The quantitative estimate of drug-likeness (QED) is 0.891. The molecule has 0 bridgehead atoms. The van der Waals surface area contributed by atoms with Crippen LogP contribution in [0.1, 0.15) is 17.5 Å². The highest BCUT2D eigenvalue weighted by Gasteiger charge is 2.38. The third kappa shape index (κ3) is 2.89. The van der Waals surface area contributed by atoms with Crippen molar-refractivity contribution in [2.24, 2.45) is 0 Å². The van der Waals surface area contributed by atoms with Crippen LogP contribution >= 0.6 is 0 Å². The number of rotatable bonds is 4. The summed E-state index contributed by atoms with van der Waals surface area (Å²) in [5.74, 6) is -6.40. The molecule has 0 heterocycles. The van der Waals surface area contributed by atoms with Gasteiger partial charge in [0.25, 0.3) is 5.92 Å². The Morgan fingerprint density at radius 3 is 2.53 bits per heavy atom. The summed E-state index contributed by atoms with van der Waals surface area (Å²) in [5, 5.41) is 8.38. The Hall–Kier alpha value is -1.72. The summed E-state index contributed by atoms with van der Waals surface area (Å²) >= 11 is 0. The Labute approximate surface area is 95.8 Å². The normalized spacial score (nSPS) is 11.4. The molecule has 0 aliphatic carbocycles. The van der Waals surface area contributed by atoms with Gasteiger partial charge in [0, 0.05) is 0 Å². The van der Waals surface area contributed by atoms with Crippen LogP contribution in [0.15, 0.2) is 12.1 Å². The van der Waals surface area contributed by atoms with Crippen LogP contribution in [-0.2, 0) is 10.7 Å². The first-order valence-electron chi connectivity index (χ1n) is 4.72. The van der Waals surface area contributed by atoms with Crippen LogP contribution in [-0.4, -0.2) is 18.2 Å². The number of halogens is 3. The van der Waals surface area contributed by atoms with Crippen molar-refractivity contribution >= 4 is 5.97 Å². The van der Waals surface area contributed by atoms with Crippen LogP contribution in [0.2, 0.25) is 0 Å². The van der Waals surface area contributed by atoms with E-state index in [0.717, 1.165) is 13.2 Å². The summed E-state index contributed by atoms with van der Waals surface area (Å²) in [6.45, 7) is 1.40. The number of carboxylic acids is 1. The Morgan fingerprint density at radius 2 is 2.06 bits per heavy atom. The molecule has 0 radical (unpaired) electrons. The van der Waals surface area contributed by atoms with Gasteiger partial charge >= 0.3 is 5.97 Å². The maximum atomic E-state index is 13.5. The maximum absolute atomic E-state index is 13.5. The van der Waals surface area contributed by atoms with Crippen LogP contribution < -0.4 is 4.74 Å². The van der Waals surface area contributed by atoms with Gasteiger partial charge in [-0.3, -0.25) is 4.79 Å². The van der Waals surface area contributed by atoms with E-state index >= 15 is 0 Å². The molecule has 0 amide bonds. The van der Waals surface area contributed by atoms with Gasteiger partial charge in [-0.1, -0.05) is 0 Å². The molecule has 0 unspecified atom stereocenters. The third-order valence-corrected chi connectivity index (χ3v) is 2.25. The van der Waals surface area contributed by atoms with E-state index in [1.54, 1.807) is 0 Å². The molecule has 0 saturated heterocycles. The van der Waals surface area contributed by atoms with Crippen molar-refractivity contribution < 1.29 is 27.8 Å². The Morgan fingerprint density at radius 1 is 1.47 bits per heavy atom. The molecule has 6 heteroatoms. The Kier molecular flexibility index (Phi) is 3.65. The van der Waals surface area contributed by atoms with Gasteiger partial charge in [-0.15, -0.1) is 0 Å². The van der Waals surface area contributed by atoms with Crippen molar-refractivity contribution in [3.8, 4) is 5.75 Å². The average Bonchev–Trinajstić information content (AvgIpc) is 2.19. The molecule has 3 nitrogen and oxygen atoms in total. The largest absolute Gasteiger partial charge is 0.496 e. The fraction of sp³-hybridized carbons (Fsp3) is 0.364. The summed E-state index contributed by atoms with van der Waals surface area (Å²) < 4.78 is 45.0. The SMILES string of the molecule is COc1cc(C)c(F)cc1C(F)(F)CC(=O)O. The van der Waals surface area contributed by atoms with Gasteiger partial charge in [0.2, 0.25) is 0 Å². The summed E-state index contributed by atoms with van der Waals surface area (Å²) in [6.07, 6.45) is -1.41. The van der Waals surface area contributed by atoms with Gasteiger partial charge in [0.1, 0.15) is 18.0 Å². The first-order valence-corrected chi connectivity index (χ1v) is 4.72. The predicted molar refractivity (Wildman–Crippen MR) is 53.8 cm³/mol. The smallest absolute Gasteiger partial charge is 0.309 e. The second-order valence-electron chi connectivity index (χ2n) is 3.58. The Bertz CT molecular complexity index is 444. The molecule has 17 heavy (non-hydrogen) atoms. The van der Waals surface area contributed by atoms with E-state index < -0.39 is 29.7 Å². The van der Waals surface area contributed by atoms with Gasteiger partial charge in [0.05, 0.1) is 12.7 Å². The number of methoxy groups -OCH3 is 1. The molecule has 0 aliphatic heterocycles. The topological polar surface area (TPSA) is 46.5 Å². The molecule has 0 aromatic heterocycles. The zero-order valence-corrected chi connectivity index (χ0v) is 9.26. The van der Waals surface area contributed by atoms with Crippen LogP contribution in [0.4, 0.5) is 13.2 Å². The van der Waals surface area contributed by atoms with E-state index in [-0.39, 0.29) is 11.3 Å². The molecule has 1 N–H and O–H groups in total. The third-order valence-electron chi connectivity index (χ3n) is 2.25. The summed E-state index contributed by atoms with van der Waals surface area (Å²) in [6, 6.07) is 1.72. The van der Waals surface area contributed by atoms with Gasteiger partial charge in [-0.05, 0) is 24.6 Å². The van der Waals surface area contributed by atoms with E-state index in [1.165, 1.54) is 6.92 Å². The summed E-state index contributed by atoms with van der Waals surface area (Å²) in [7, 11) is 1.16. The highest BCUT2D eigenvalue weighted by atomic mass is 19.3. The summed E-state index contributed by atoms with van der Waals surface area (Å²) in [4.78, 5) is 10.3. The van der Waals surface area contributed by atoms with Crippen LogP contribution in [0.25, 0.3) is 0 Å². The first-order chi connectivity index (χ1) is 7.77. The highest BCUT2D eigenvalue weighted by molar-refractivity contribution is 5.68. The predicted octanol–water partition coefficient (Wildman–Crippen LogP) is 2.71. The van der Waals surface area contributed by atoms with Crippen LogP contribution in [0.5, 0.6) is 5.75 Å². The molecule has 1 rings (SSSR count). The number of hydrogen-bond acceptors (Lipinski definition) is 2. The zero-order chi connectivity index (χ0) is 13.2. The van der Waals surface area contributed by atoms with E-state index in [0.29, 0.717) is 6.07 Å². The monoisotopic (exact) mass is 248 g/mol. The number of ether oxygens (including phenoxy) is 1. The van der Waals surface area contributed by atoms with Crippen molar-refractivity contribution in [1.82, 2.24) is 0 Å². The zero-order valence-electron chi connectivity index (χ0n) is 9.26. The number of benzene rings is 1. The average molecular weight is 248 g/mol. The fourth-order valence-corrected chi connectivity index (χ4v) is 1.39. The van der Waals surface area contributed by atoms with Gasteiger partial charge in [0.15, 0.2) is 0 Å². The first kappa shape index (κ1) is 13.3. The van der Waals surface area contributed by atoms with E-state index in [9.17, 15) is 18.0 Å². The number of aliphatic carboxylic acids is 1. The lowest BCUT2D eigenvalue weighted by Gasteiger charge is -2.18. The van der Waals surface area contributed by atoms with Crippen molar-refractivity contribution in [3.05, 3.63) is 29.1 Å². The number of alkyl halides is 2. The minimum Gasteiger partial charge on any atom is -0.496 e. The molecule has 0 atom stereocenters. The number of carboxylic acid groups (broad SMARTS) is 1. The standard InChI is InChI=1S/C11H11F3O3/c1-6-3-9(17-2)7(4-8(6)12)11(13,14)5-10(15)16/h3-4H,5H2,1-2H3,(H,15,16). The summed E-state index contributed by atoms with van der Waals surface area (Å²) in [5.41, 5.74) is -0.609. The van der Waals surface area contributed by atoms with E-state index in [4.69, 9.17) is 9.84 Å². The van der Waals surface area contributed by atoms with E-state index in [1.807, 2.05) is 0 Å². The lowest BCUT2D eigenvalue weighted by atomic mass is 10.0. The minimum atomic E-state index is -3.67. The van der Waals surface area contributed by atoms with Crippen LogP contribution in [0.3, 0.4) is 0 Å². The lowest BCUT2D eigenvalue weighted by Crippen LogP contribution is -2.20. The molecular formula is C11H11F3O3. The molecule has 1 aromatic rings. The molecule has 94 valence electrons. The second-order valence-corrected chi connectivity index (χ2v) is 3.58. The number of carbonyl (C=O) groups is 1. The molecular weight excluding hydrogens is 237 g/mol. The van der Waals surface area contributed by atoms with Gasteiger partial charge in [-0.25, -0.2) is 13.2 Å².